The van der Waals surface area contributed by atoms with Crippen LogP contribution >= 0.6 is 0 Å². The first-order chi connectivity index (χ1) is 10.1. The van der Waals surface area contributed by atoms with Crippen molar-refractivity contribution in [1.29, 1.82) is 0 Å². The molecule has 0 fully saturated rings. The molecule has 0 saturated heterocycles. The second kappa shape index (κ2) is 8.11. The zero-order valence-corrected chi connectivity index (χ0v) is 12.2. The highest BCUT2D eigenvalue weighted by Crippen LogP contribution is 2.27. The lowest BCUT2D eigenvalue weighted by molar-refractivity contribution is -0.143. The summed E-state index contributed by atoms with van der Waals surface area (Å²) in [7, 11) is 2.64. The molecule has 7 heteroatoms. The highest BCUT2D eigenvalue weighted by molar-refractivity contribution is 5.97. The van der Waals surface area contributed by atoms with Gasteiger partial charge in [0.2, 0.25) is 0 Å². The topological polar surface area (TPSA) is 94.1 Å². The number of aliphatic hydroxyl groups is 1. The van der Waals surface area contributed by atoms with Gasteiger partial charge in [0.1, 0.15) is 0 Å². The molecule has 1 atom stereocenters. The summed E-state index contributed by atoms with van der Waals surface area (Å²) in [4.78, 5) is 23.4. The molecule has 0 heterocycles. The minimum Gasteiger partial charge on any atom is -0.493 e. The molecule has 1 rings (SSSR count). The lowest BCUT2D eigenvalue weighted by Gasteiger charge is -2.15. The number of benzene rings is 1. The second-order valence-corrected chi connectivity index (χ2v) is 4.03. The van der Waals surface area contributed by atoms with E-state index in [0.29, 0.717) is 18.1 Å². The lowest BCUT2D eigenvalue weighted by Crippen LogP contribution is -2.44. The van der Waals surface area contributed by atoms with Crippen molar-refractivity contribution >= 4 is 11.9 Å². The number of carbonyl (C=O) groups excluding carboxylic acids is 2. The lowest BCUT2D eigenvalue weighted by atomic mass is 10.1. The van der Waals surface area contributed by atoms with Gasteiger partial charge in [0, 0.05) is 5.56 Å². The molecule has 0 aliphatic carbocycles. The number of nitrogens with one attached hydrogen (secondary N) is 1. The quantitative estimate of drug-likeness (QED) is 0.706. The van der Waals surface area contributed by atoms with Gasteiger partial charge in [0.05, 0.1) is 27.4 Å². The van der Waals surface area contributed by atoms with Crippen LogP contribution in [0.2, 0.25) is 0 Å². The van der Waals surface area contributed by atoms with E-state index in [9.17, 15) is 9.59 Å². The van der Waals surface area contributed by atoms with E-state index < -0.39 is 24.5 Å². The molecule has 0 aliphatic heterocycles. The van der Waals surface area contributed by atoms with Gasteiger partial charge in [0.15, 0.2) is 17.5 Å². The van der Waals surface area contributed by atoms with Crippen molar-refractivity contribution in [1.82, 2.24) is 5.32 Å². The monoisotopic (exact) mass is 297 g/mol. The summed E-state index contributed by atoms with van der Waals surface area (Å²) < 4.78 is 15.0. The number of ether oxygens (including phenoxy) is 3. The third-order valence-corrected chi connectivity index (χ3v) is 2.70. The van der Waals surface area contributed by atoms with Crippen molar-refractivity contribution in [3.05, 3.63) is 23.8 Å². The molecule has 0 aromatic heterocycles. The Morgan fingerprint density at radius 3 is 2.52 bits per heavy atom. The number of esters is 1. The number of hydrogen-bond donors (Lipinski definition) is 2. The smallest absolute Gasteiger partial charge is 0.330 e. The number of methoxy groups -OCH3 is 2. The maximum atomic E-state index is 12.0. The number of hydrogen-bond acceptors (Lipinski definition) is 6. The zero-order chi connectivity index (χ0) is 15.8. The van der Waals surface area contributed by atoms with Crippen molar-refractivity contribution < 1.29 is 28.9 Å². The van der Waals surface area contributed by atoms with Crippen LogP contribution < -0.4 is 14.8 Å². The zero-order valence-electron chi connectivity index (χ0n) is 12.2. The Morgan fingerprint density at radius 1 is 1.29 bits per heavy atom. The van der Waals surface area contributed by atoms with Gasteiger partial charge in [-0.2, -0.15) is 0 Å². The predicted molar refractivity (Wildman–Crippen MR) is 74.5 cm³/mol. The molecule has 0 aliphatic rings. The van der Waals surface area contributed by atoms with Crippen LogP contribution in [-0.2, 0) is 9.53 Å². The van der Waals surface area contributed by atoms with E-state index in [4.69, 9.17) is 14.6 Å². The van der Waals surface area contributed by atoms with Gasteiger partial charge in [0.25, 0.3) is 5.91 Å². The number of rotatable bonds is 7. The Hall–Kier alpha value is -2.28. The van der Waals surface area contributed by atoms with Crippen molar-refractivity contribution in [2.75, 3.05) is 27.4 Å². The molecule has 1 unspecified atom stereocenters. The van der Waals surface area contributed by atoms with E-state index in [-0.39, 0.29) is 5.56 Å². The summed E-state index contributed by atoms with van der Waals surface area (Å²) in [6, 6.07) is 3.52. The Bertz CT molecular complexity index is 502. The summed E-state index contributed by atoms with van der Waals surface area (Å²) in [6.07, 6.45) is 0. The summed E-state index contributed by atoms with van der Waals surface area (Å²) in [6.45, 7) is 1.76. The molecule has 1 aromatic carbocycles. The van der Waals surface area contributed by atoms with Crippen LogP contribution in [-0.4, -0.2) is 50.5 Å². The van der Waals surface area contributed by atoms with Crippen molar-refractivity contribution in [3.63, 3.8) is 0 Å². The van der Waals surface area contributed by atoms with Crippen molar-refractivity contribution in [2.24, 2.45) is 0 Å². The van der Waals surface area contributed by atoms with Crippen LogP contribution in [0.4, 0.5) is 0 Å². The minimum atomic E-state index is -1.11. The molecule has 2 N–H and O–H groups in total. The summed E-state index contributed by atoms with van der Waals surface area (Å²) in [5.41, 5.74) is 0.276. The molecule has 21 heavy (non-hydrogen) atoms. The molecular formula is C14H19NO6. The van der Waals surface area contributed by atoms with Crippen LogP contribution in [0.3, 0.4) is 0 Å². The molecular weight excluding hydrogens is 278 g/mol. The SMILES string of the molecule is CCOc1ccc(C(=O)NC(CO)C(=O)OC)cc1OC. The molecule has 0 spiro atoms. The molecule has 0 bridgehead atoms. The van der Waals surface area contributed by atoms with E-state index in [1.807, 2.05) is 6.92 Å². The first-order valence-corrected chi connectivity index (χ1v) is 6.37. The van der Waals surface area contributed by atoms with E-state index in [1.165, 1.54) is 26.4 Å². The summed E-state index contributed by atoms with van der Waals surface area (Å²) in [5, 5.41) is 11.5. The first kappa shape index (κ1) is 16.8. The number of amides is 1. The Balaban J connectivity index is 2.89. The van der Waals surface area contributed by atoms with E-state index in [2.05, 4.69) is 10.1 Å². The van der Waals surface area contributed by atoms with Crippen LogP contribution in [0.1, 0.15) is 17.3 Å². The Labute approximate surface area is 122 Å². The Morgan fingerprint density at radius 2 is 2.00 bits per heavy atom. The largest absolute Gasteiger partial charge is 0.493 e. The average Bonchev–Trinajstić information content (AvgIpc) is 2.52. The third kappa shape index (κ3) is 4.35. The second-order valence-electron chi connectivity index (χ2n) is 4.03. The maximum Gasteiger partial charge on any atom is 0.330 e. The molecule has 1 amide bonds. The van der Waals surface area contributed by atoms with E-state index in [1.54, 1.807) is 6.07 Å². The number of aliphatic hydroxyl groups excluding tert-OH is 1. The van der Waals surface area contributed by atoms with Gasteiger partial charge < -0.3 is 24.6 Å². The molecule has 0 saturated carbocycles. The average molecular weight is 297 g/mol. The molecule has 1 aromatic rings. The van der Waals surface area contributed by atoms with E-state index >= 15 is 0 Å². The van der Waals surface area contributed by atoms with Crippen LogP contribution in [0.15, 0.2) is 18.2 Å². The molecule has 116 valence electrons. The van der Waals surface area contributed by atoms with Crippen LogP contribution in [0.25, 0.3) is 0 Å². The van der Waals surface area contributed by atoms with Crippen LogP contribution in [0.5, 0.6) is 11.5 Å². The van der Waals surface area contributed by atoms with Gasteiger partial charge in [-0.25, -0.2) is 4.79 Å². The Kier molecular flexibility index (Phi) is 6.48. The van der Waals surface area contributed by atoms with Crippen LogP contribution in [0, 0.1) is 0 Å². The molecule has 0 radical (unpaired) electrons. The van der Waals surface area contributed by atoms with Crippen molar-refractivity contribution in [3.8, 4) is 11.5 Å². The standard InChI is InChI=1S/C14H19NO6/c1-4-21-11-6-5-9(7-12(11)19-2)13(17)15-10(8-16)14(18)20-3/h5-7,10,16H,4,8H2,1-3H3,(H,15,17). The van der Waals surface area contributed by atoms with Gasteiger partial charge in [-0.3, -0.25) is 4.79 Å². The highest BCUT2D eigenvalue weighted by Gasteiger charge is 2.21. The predicted octanol–water partition coefficient (Wildman–Crippen LogP) is 0.358. The fraction of sp³-hybridized carbons (Fsp3) is 0.429. The van der Waals surface area contributed by atoms with Gasteiger partial charge in [-0.05, 0) is 25.1 Å². The minimum absolute atomic E-state index is 0.276. The summed E-state index contributed by atoms with van der Waals surface area (Å²) in [5.74, 6) is -0.323. The van der Waals surface area contributed by atoms with Gasteiger partial charge in [-0.1, -0.05) is 0 Å². The van der Waals surface area contributed by atoms with Gasteiger partial charge >= 0.3 is 5.97 Å². The van der Waals surface area contributed by atoms with Crippen molar-refractivity contribution in [2.45, 2.75) is 13.0 Å². The fourth-order valence-electron chi connectivity index (χ4n) is 1.65. The first-order valence-electron chi connectivity index (χ1n) is 6.37. The van der Waals surface area contributed by atoms with E-state index in [0.717, 1.165) is 0 Å². The molecule has 7 nitrogen and oxygen atoms in total. The normalized spacial score (nSPS) is 11.4. The highest BCUT2D eigenvalue weighted by atomic mass is 16.5. The fourth-order valence-corrected chi connectivity index (χ4v) is 1.65. The number of carbonyl (C=O) groups is 2. The van der Waals surface area contributed by atoms with Gasteiger partial charge in [-0.15, -0.1) is 0 Å². The summed E-state index contributed by atoms with van der Waals surface area (Å²) >= 11 is 0. The third-order valence-electron chi connectivity index (χ3n) is 2.70. The maximum absolute atomic E-state index is 12.0.